The van der Waals surface area contributed by atoms with Crippen LogP contribution >= 0.6 is 0 Å². The van der Waals surface area contributed by atoms with Gasteiger partial charge in [0.15, 0.2) is 0 Å². The van der Waals surface area contributed by atoms with Gasteiger partial charge in [-0.15, -0.1) is 0 Å². The molecule has 1 aliphatic heterocycles. The van der Waals surface area contributed by atoms with Crippen molar-refractivity contribution in [2.75, 3.05) is 0 Å². The molecule has 1 fully saturated rings. The van der Waals surface area contributed by atoms with Crippen molar-refractivity contribution in [3.8, 4) is 0 Å². The Morgan fingerprint density at radius 3 is 2.25 bits per heavy atom. The molecule has 6 nitrogen and oxygen atoms in total. The third kappa shape index (κ3) is 3.61. The number of sulfone groups is 1. The van der Waals surface area contributed by atoms with E-state index in [0.29, 0.717) is 49.7 Å². The monoisotopic (exact) mass is 477 g/mol. The minimum Gasteiger partial charge on any atom is -0.393 e. The predicted octanol–water partition coefficient (Wildman–Crippen LogP) is 3.83. The van der Waals surface area contributed by atoms with Crippen LogP contribution in [0.5, 0.6) is 0 Å². The summed E-state index contributed by atoms with van der Waals surface area (Å²) in [5.41, 5.74) is 1.51. The largest absolute Gasteiger partial charge is 0.393 e. The SMILES string of the molecule is CCC1(CC)c2ccccc2S(=O)(=O)c2cc(S(=O)(=O)N[C@H]3CC[C@H](O)CC3)c(C)cc21. The molecule has 32 heavy (non-hydrogen) atoms. The summed E-state index contributed by atoms with van der Waals surface area (Å²) in [6.45, 7) is 5.81. The summed E-state index contributed by atoms with van der Waals surface area (Å²) in [5.74, 6) is 0. The van der Waals surface area contributed by atoms with Gasteiger partial charge >= 0.3 is 0 Å². The fourth-order valence-corrected chi connectivity index (χ4v) is 8.90. The Balaban J connectivity index is 1.87. The van der Waals surface area contributed by atoms with E-state index in [1.165, 1.54) is 6.07 Å². The molecule has 4 rings (SSSR count). The highest BCUT2D eigenvalue weighted by Gasteiger charge is 2.45. The van der Waals surface area contributed by atoms with Gasteiger partial charge in [-0.25, -0.2) is 21.6 Å². The average Bonchev–Trinajstić information content (AvgIpc) is 2.76. The molecule has 0 saturated heterocycles. The second kappa shape index (κ2) is 8.24. The van der Waals surface area contributed by atoms with E-state index >= 15 is 0 Å². The molecule has 1 heterocycles. The lowest BCUT2D eigenvalue weighted by Crippen LogP contribution is -2.39. The maximum Gasteiger partial charge on any atom is 0.241 e. The molecular weight excluding hydrogens is 446 g/mol. The molecule has 0 unspecified atom stereocenters. The maximum atomic E-state index is 13.6. The number of benzene rings is 2. The number of aliphatic hydroxyl groups is 1. The smallest absolute Gasteiger partial charge is 0.241 e. The molecule has 2 aromatic carbocycles. The van der Waals surface area contributed by atoms with Gasteiger partial charge in [-0.2, -0.15) is 0 Å². The summed E-state index contributed by atoms with van der Waals surface area (Å²) in [5, 5.41) is 9.71. The van der Waals surface area contributed by atoms with Gasteiger partial charge < -0.3 is 5.11 Å². The van der Waals surface area contributed by atoms with Crippen molar-refractivity contribution in [1.29, 1.82) is 0 Å². The molecule has 0 spiro atoms. The zero-order valence-electron chi connectivity index (χ0n) is 18.8. The fraction of sp³-hybridized carbons (Fsp3) is 0.500. The van der Waals surface area contributed by atoms with E-state index in [9.17, 15) is 21.9 Å². The van der Waals surface area contributed by atoms with Crippen molar-refractivity contribution in [1.82, 2.24) is 4.72 Å². The predicted molar refractivity (Wildman–Crippen MR) is 123 cm³/mol. The molecule has 0 radical (unpaired) electrons. The Kier molecular flexibility index (Phi) is 6.03. The maximum absolute atomic E-state index is 13.6. The van der Waals surface area contributed by atoms with Crippen LogP contribution in [0.1, 0.15) is 69.1 Å². The first-order valence-corrected chi connectivity index (χ1v) is 14.2. The fourth-order valence-electron chi connectivity index (χ4n) is 5.40. The topological polar surface area (TPSA) is 101 Å². The van der Waals surface area contributed by atoms with Crippen molar-refractivity contribution < 1.29 is 21.9 Å². The van der Waals surface area contributed by atoms with Crippen molar-refractivity contribution in [2.24, 2.45) is 0 Å². The van der Waals surface area contributed by atoms with Crippen molar-refractivity contribution >= 4 is 19.9 Å². The lowest BCUT2D eigenvalue weighted by Gasteiger charge is -2.40. The van der Waals surface area contributed by atoms with Crippen molar-refractivity contribution in [3.05, 3.63) is 53.1 Å². The molecule has 2 aliphatic rings. The van der Waals surface area contributed by atoms with Gasteiger partial charge in [0.05, 0.1) is 20.8 Å². The van der Waals surface area contributed by atoms with Crippen LogP contribution in [-0.2, 0) is 25.3 Å². The van der Waals surface area contributed by atoms with Crippen LogP contribution < -0.4 is 4.72 Å². The third-order valence-corrected chi connectivity index (χ3v) is 10.8. The highest BCUT2D eigenvalue weighted by Crippen LogP contribution is 2.50. The second-order valence-electron chi connectivity index (χ2n) is 9.03. The first-order chi connectivity index (χ1) is 15.1. The van der Waals surface area contributed by atoms with Gasteiger partial charge in [0, 0.05) is 11.5 Å². The van der Waals surface area contributed by atoms with Crippen LogP contribution in [0.4, 0.5) is 0 Å². The molecule has 0 amide bonds. The number of hydrogen-bond acceptors (Lipinski definition) is 5. The number of aryl methyl sites for hydroxylation is 1. The Morgan fingerprint density at radius 2 is 1.62 bits per heavy atom. The molecule has 0 atom stereocenters. The Hall–Kier alpha value is -1.74. The van der Waals surface area contributed by atoms with E-state index in [-0.39, 0.29) is 26.8 Å². The van der Waals surface area contributed by atoms with Crippen LogP contribution in [-0.4, -0.2) is 34.1 Å². The molecule has 2 aromatic rings. The summed E-state index contributed by atoms with van der Waals surface area (Å²) in [6.07, 6.45) is 3.25. The minimum absolute atomic E-state index is 0.00596. The average molecular weight is 478 g/mol. The quantitative estimate of drug-likeness (QED) is 0.682. The standard InChI is InChI=1S/C24H31NO5S2/c1-4-24(5-2)19-8-6-7-9-21(19)31(27,28)23-15-22(16(3)14-20(23)24)32(29,30)25-17-10-12-18(26)13-11-17/h6-9,14-15,17-18,25-26H,4-5,10-13H2,1-3H3/t17-,18-. The number of hydrogen-bond donors (Lipinski definition) is 2. The Bertz CT molecular complexity index is 1240. The van der Waals surface area contributed by atoms with Crippen LogP contribution in [0.25, 0.3) is 0 Å². The molecular formula is C24H31NO5S2. The van der Waals surface area contributed by atoms with E-state index in [2.05, 4.69) is 4.72 Å². The zero-order valence-corrected chi connectivity index (χ0v) is 20.4. The summed E-state index contributed by atoms with van der Waals surface area (Å²) in [6, 6.07) is 9.92. The van der Waals surface area contributed by atoms with Gasteiger partial charge in [0.25, 0.3) is 0 Å². The first-order valence-electron chi connectivity index (χ1n) is 11.3. The van der Waals surface area contributed by atoms with Gasteiger partial charge in [0.1, 0.15) is 0 Å². The lowest BCUT2D eigenvalue weighted by molar-refractivity contribution is 0.120. The van der Waals surface area contributed by atoms with E-state index < -0.39 is 25.3 Å². The molecule has 1 aliphatic carbocycles. The Morgan fingerprint density at radius 1 is 1.00 bits per heavy atom. The molecule has 1 saturated carbocycles. The van der Waals surface area contributed by atoms with Gasteiger partial charge in [-0.05, 0) is 74.3 Å². The van der Waals surface area contributed by atoms with E-state index in [1.54, 1.807) is 25.1 Å². The van der Waals surface area contributed by atoms with E-state index in [0.717, 1.165) is 5.56 Å². The van der Waals surface area contributed by atoms with E-state index in [1.807, 2.05) is 26.0 Å². The summed E-state index contributed by atoms with van der Waals surface area (Å²) < 4.78 is 56.5. The second-order valence-corrected chi connectivity index (χ2v) is 12.6. The number of nitrogens with one attached hydrogen (secondary N) is 1. The first kappa shape index (κ1) is 23.4. The number of rotatable bonds is 5. The summed E-state index contributed by atoms with van der Waals surface area (Å²) >= 11 is 0. The van der Waals surface area contributed by atoms with Gasteiger partial charge in [-0.1, -0.05) is 38.1 Å². The van der Waals surface area contributed by atoms with Crippen molar-refractivity contribution in [3.63, 3.8) is 0 Å². The number of sulfonamides is 1. The van der Waals surface area contributed by atoms with Crippen LogP contribution in [0, 0.1) is 6.92 Å². The molecule has 8 heteroatoms. The Labute approximate surface area is 191 Å². The van der Waals surface area contributed by atoms with Gasteiger partial charge in [0.2, 0.25) is 19.9 Å². The van der Waals surface area contributed by atoms with Crippen LogP contribution in [0.3, 0.4) is 0 Å². The van der Waals surface area contributed by atoms with E-state index in [4.69, 9.17) is 0 Å². The summed E-state index contributed by atoms with van der Waals surface area (Å²) in [7, 11) is -7.77. The zero-order chi connectivity index (χ0) is 23.3. The minimum atomic E-state index is -3.92. The lowest BCUT2D eigenvalue weighted by atomic mass is 9.70. The third-order valence-electron chi connectivity index (χ3n) is 7.29. The van der Waals surface area contributed by atoms with Crippen LogP contribution in [0.2, 0.25) is 0 Å². The van der Waals surface area contributed by atoms with Crippen LogP contribution in [0.15, 0.2) is 51.1 Å². The highest BCUT2D eigenvalue weighted by atomic mass is 32.2. The molecule has 174 valence electrons. The number of fused-ring (bicyclic) bond motifs is 2. The number of aliphatic hydroxyl groups excluding tert-OH is 1. The van der Waals surface area contributed by atoms with Gasteiger partial charge in [-0.3, -0.25) is 0 Å². The van der Waals surface area contributed by atoms with Crippen molar-refractivity contribution in [2.45, 2.75) is 91.5 Å². The molecule has 0 bridgehead atoms. The summed E-state index contributed by atoms with van der Waals surface area (Å²) in [4.78, 5) is 0.356. The highest BCUT2D eigenvalue weighted by molar-refractivity contribution is 7.92. The molecule has 0 aromatic heterocycles. The normalized spacial score (nSPS) is 23.9. The molecule has 2 N–H and O–H groups in total.